The Bertz CT molecular complexity index is 302. The van der Waals surface area contributed by atoms with Crippen LogP contribution in [0.1, 0.15) is 25.7 Å². The highest BCUT2D eigenvalue weighted by Gasteiger charge is 2.32. The molecule has 2 aliphatic rings. The van der Waals surface area contributed by atoms with E-state index in [2.05, 4.69) is 10.6 Å². The highest BCUT2D eigenvalue weighted by Crippen LogP contribution is 2.27. The van der Waals surface area contributed by atoms with Crippen LogP contribution in [0.5, 0.6) is 0 Å². The lowest BCUT2D eigenvalue weighted by molar-refractivity contribution is -0.139. The zero-order valence-corrected chi connectivity index (χ0v) is 10.4. The Morgan fingerprint density at radius 2 is 2.29 bits per heavy atom. The Balaban J connectivity index is 1.86. The summed E-state index contributed by atoms with van der Waals surface area (Å²) in [6, 6.07) is -0.330. The Hall–Kier alpha value is -1.10. The average molecular weight is 239 g/mol. The Kier molecular flexibility index (Phi) is 3.99. The van der Waals surface area contributed by atoms with E-state index in [4.69, 9.17) is 0 Å². The molecular weight excluding hydrogens is 218 g/mol. The molecule has 2 rings (SSSR count). The largest absolute Gasteiger partial charge is 0.359 e. The summed E-state index contributed by atoms with van der Waals surface area (Å²) >= 11 is 0. The van der Waals surface area contributed by atoms with Crippen LogP contribution in [0.2, 0.25) is 0 Å². The van der Waals surface area contributed by atoms with E-state index < -0.39 is 0 Å². The van der Waals surface area contributed by atoms with Crippen molar-refractivity contribution < 1.29 is 9.59 Å². The first-order valence-corrected chi connectivity index (χ1v) is 6.43. The minimum Gasteiger partial charge on any atom is -0.359 e. The average Bonchev–Trinajstić information content (AvgIpc) is 2.27. The van der Waals surface area contributed by atoms with Crippen LogP contribution in [-0.2, 0) is 9.59 Å². The molecule has 1 saturated heterocycles. The lowest BCUT2D eigenvalue weighted by Crippen LogP contribution is -2.57. The molecule has 96 valence electrons. The monoisotopic (exact) mass is 239 g/mol. The maximum atomic E-state index is 12.1. The van der Waals surface area contributed by atoms with E-state index in [1.807, 2.05) is 4.90 Å². The molecule has 1 atom stereocenters. The van der Waals surface area contributed by atoms with Gasteiger partial charge in [-0.1, -0.05) is 6.42 Å². The molecule has 1 unspecified atom stereocenters. The predicted molar refractivity (Wildman–Crippen MR) is 64.4 cm³/mol. The second-order valence-corrected chi connectivity index (χ2v) is 4.97. The van der Waals surface area contributed by atoms with Crippen LogP contribution in [0.4, 0.5) is 0 Å². The van der Waals surface area contributed by atoms with Gasteiger partial charge in [0, 0.05) is 26.7 Å². The summed E-state index contributed by atoms with van der Waals surface area (Å²) in [4.78, 5) is 25.4. The summed E-state index contributed by atoms with van der Waals surface area (Å²) in [5, 5.41) is 5.68. The highest BCUT2D eigenvalue weighted by molar-refractivity contribution is 5.88. The molecule has 1 aliphatic carbocycles. The fourth-order valence-corrected chi connectivity index (χ4v) is 2.41. The van der Waals surface area contributed by atoms with Gasteiger partial charge in [-0.25, -0.2) is 0 Å². The summed E-state index contributed by atoms with van der Waals surface area (Å²) in [7, 11) is 1.60. The number of nitrogens with one attached hydrogen (secondary N) is 2. The molecule has 1 saturated carbocycles. The quantitative estimate of drug-likeness (QED) is 0.709. The molecule has 0 aromatic rings. The number of rotatable bonds is 4. The number of piperazine rings is 1. The van der Waals surface area contributed by atoms with Crippen LogP contribution < -0.4 is 10.6 Å². The SMILES string of the molecule is CNC(=O)CC1NCCN(CC2CCC2)C1=O. The van der Waals surface area contributed by atoms with Crippen molar-refractivity contribution in [3.05, 3.63) is 0 Å². The van der Waals surface area contributed by atoms with Gasteiger partial charge >= 0.3 is 0 Å². The van der Waals surface area contributed by atoms with Gasteiger partial charge in [0.2, 0.25) is 11.8 Å². The second kappa shape index (κ2) is 5.49. The number of hydrogen-bond donors (Lipinski definition) is 2. The van der Waals surface area contributed by atoms with Crippen molar-refractivity contribution >= 4 is 11.8 Å². The van der Waals surface area contributed by atoms with Crippen molar-refractivity contribution in [2.75, 3.05) is 26.7 Å². The number of carbonyl (C=O) groups is 2. The third kappa shape index (κ3) is 2.97. The van der Waals surface area contributed by atoms with Crippen LogP contribution in [0.15, 0.2) is 0 Å². The topological polar surface area (TPSA) is 61.4 Å². The van der Waals surface area contributed by atoms with Gasteiger partial charge in [-0.15, -0.1) is 0 Å². The summed E-state index contributed by atoms with van der Waals surface area (Å²) in [5.41, 5.74) is 0. The second-order valence-electron chi connectivity index (χ2n) is 4.97. The van der Waals surface area contributed by atoms with E-state index in [1.165, 1.54) is 19.3 Å². The van der Waals surface area contributed by atoms with Gasteiger partial charge in [0.15, 0.2) is 0 Å². The molecule has 0 aromatic carbocycles. The van der Waals surface area contributed by atoms with Crippen molar-refractivity contribution in [1.29, 1.82) is 0 Å². The van der Waals surface area contributed by atoms with E-state index in [0.717, 1.165) is 19.6 Å². The van der Waals surface area contributed by atoms with E-state index in [0.29, 0.717) is 5.92 Å². The molecule has 0 bridgehead atoms. The smallest absolute Gasteiger partial charge is 0.240 e. The molecule has 1 aliphatic heterocycles. The summed E-state index contributed by atoms with van der Waals surface area (Å²) in [5.74, 6) is 0.700. The standard InChI is InChI=1S/C12H21N3O2/c1-13-11(16)7-10-12(17)15(6-5-14-10)8-9-3-2-4-9/h9-10,14H,2-8H2,1H3,(H,13,16). The zero-order valence-electron chi connectivity index (χ0n) is 10.4. The van der Waals surface area contributed by atoms with Crippen molar-refractivity contribution in [1.82, 2.24) is 15.5 Å². The molecule has 2 N–H and O–H groups in total. The maximum Gasteiger partial charge on any atom is 0.240 e. The highest BCUT2D eigenvalue weighted by atomic mass is 16.2. The van der Waals surface area contributed by atoms with E-state index >= 15 is 0 Å². The van der Waals surface area contributed by atoms with Crippen molar-refractivity contribution in [3.63, 3.8) is 0 Å². The van der Waals surface area contributed by atoms with Gasteiger partial charge in [0.1, 0.15) is 0 Å². The number of nitrogens with zero attached hydrogens (tertiary/aromatic N) is 1. The van der Waals surface area contributed by atoms with Crippen LogP contribution in [-0.4, -0.2) is 49.4 Å². The minimum atomic E-state index is -0.330. The van der Waals surface area contributed by atoms with E-state index in [-0.39, 0.29) is 24.3 Å². The molecule has 0 radical (unpaired) electrons. The summed E-state index contributed by atoms with van der Waals surface area (Å²) < 4.78 is 0. The van der Waals surface area contributed by atoms with Crippen LogP contribution >= 0.6 is 0 Å². The van der Waals surface area contributed by atoms with Crippen LogP contribution in [0.3, 0.4) is 0 Å². The molecule has 0 aromatic heterocycles. The zero-order chi connectivity index (χ0) is 12.3. The number of hydrogen-bond acceptors (Lipinski definition) is 3. The lowest BCUT2D eigenvalue weighted by atomic mass is 9.85. The maximum absolute atomic E-state index is 12.1. The normalized spacial score (nSPS) is 25.6. The van der Waals surface area contributed by atoms with Crippen molar-refractivity contribution in [3.8, 4) is 0 Å². The van der Waals surface area contributed by atoms with Crippen molar-refractivity contribution in [2.24, 2.45) is 5.92 Å². The first-order valence-electron chi connectivity index (χ1n) is 6.43. The molecule has 2 fully saturated rings. The van der Waals surface area contributed by atoms with Crippen LogP contribution in [0.25, 0.3) is 0 Å². The van der Waals surface area contributed by atoms with Gasteiger partial charge in [-0.05, 0) is 18.8 Å². The van der Waals surface area contributed by atoms with Crippen molar-refractivity contribution in [2.45, 2.75) is 31.7 Å². The fourth-order valence-electron chi connectivity index (χ4n) is 2.41. The van der Waals surface area contributed by atoms with Gasteiger partial charge in [-0.2, -0.15) is 0 Å². The van der Waals surface area contributed by atoms with E-state index in [9.17, 15) is 9.59 Å². The molecule has 0 spiro atoms. The van der Waals surface area contributed by atoms with Gasteiger partial charge in [-0.3, -0.25) is 9.59 Å². The molecule has 5 nitrogen and oxygen atoms in total. The number of carbonyl (C=O) groups excluding carboxylic acids is 2. The first-order chi connectivity index (χ1) is 8.20. The molecule has 1 heterocycles. The predicted octanol–water partition coefficient (Wildman–Crippen LogP) is -0.277. The third-order valence-corrected chi connectivity index (χ3v) is 3.75. The lowest BCUT2D eigenvalue weighted by Gasteiger charge is -2.37. The van der Waals surface area contributed by atoms with Crippen LogP contribution in [0, 0.1) is 5.92 Å². The van der Waals surface area contributed by atoms with Gasteiger partial charge in [0.05, 0.1) is 12.5 Å². The Morgan fingerprint density at radius 3 is 2.88 bits per heavy atom. The summed E-state index contributed by atoms with van der Waals surface area (Å²) in [6.07, 6.45) is 4.04. The molecular formula is C12H21N3O2. The fraction of sp³-hybridized carbons (Fsp3) is 0.833. The Morgan fingerprint density at radius 1 is 1.53 bits per heavy atom. The third-order valence-electron chi connectivity index (χ3n) is 3.75. The molecule has 5 heteroatoms. The van der Waals surface area contributed by atoms with Gasteiger partial charge < -0.3 is 15.5 Å². The molecule has 2 amide bonds. The molecule has 17 heavy (non-hydrogen) atoms. The number of amides is 2. The first kappa shape index (κ1) is 12.4. The Labute approximate surface area is 102 Å². The summed E-state index contributed by atoms with van der Waals surface area (Å²) in [6.45, 7) is 2.45. The van der Waals surface area contributed by atoms with Gasteiger partial charge in [0.25, 0.3) is 0 Å². The van der Waals surface area contributed by atoms with E-state index in [1.54, 1.807) is 7.05 Å². The minimum absolute atomic E-state index is 0.0821.